The molecule has 0 amide bonds. The quantitative estimate of drug-likeness (QED) is 0.794. The van der Waals surface area contributed by atoms with Gasteiger partial charge in [-0.1, -0.05) is 27.7 Å². The van der Waals surface area contributed by atoms with Gasteiger partial charge < -0.3 is 15.3 Å². The molecule has 1 rings (SSSR count). The maximum absolute atomic E-state index is 13.1. The van der Waals surface area contributed by atoms with Gasteiger partial charge in [0.25, 0.3) is 5.60 Å². The van der Waals surface area contributed by atoms with E-state index in [1.165, 1.54) is 0 Å². The number of alkyl halides is 3. The van der Waals surface area contributed by atoms with Crippen LogP contribution in [0.25, 0.3) is 0 Å². The molecule has 0 saturated heterocycles. The fourth-order valence-corrected chi connectivity index (χ4v) is 2.18. The predicted octanol–water partition coefficient (Wildman–Crippen LogP) is 3.47. The summed E-state index contributed by atoms with van der Waals surface area (Å²) < 4.78 is 39.3. The van der Waals surface area contributed by atoms with E-state index >= 15 is 0 Å². The van der Waals surface area contributed by atoms with Crippen LogP contribution in [0.5, 0.6) is 5.75 Å². The van der Waals surface area contributed by atoms with Crippen molar-refractivity contribution in [3.63, 3.8) is 0 Å². The minimum atomic E-state index is -5.39. The predicted molar refractivity (Wildman–Crippen MR) is 73.9 cm³/mol. The van der Waals surface area contributed by atoms with Gasteiger partial charge in [0.2, 0.25) is 0 Å². The standard InChI is InChI=1S/C15H19F3O4/c1-7(2)10-5-9(6-11(8(3)4)12(10)19)14(22,13(20)21)15(16,17)18/h5-8,19,22H,1-4H3,(H,20,21)/t14-/m1/s1. The van der Waals surface area contributed by atoms with Gasteiger partial charge in [0.05, 0.1) is 0 Å². The Labute approximate surface area is 126 Å². The monoisotopic (exact) mass is 320 g/mol. The molecule has 0 aromatic heterocycles. The molecule has 0 unspecified atom stereocenters. The number of aliphatic hydroxyl groups is 1. The number of carboxylic acid groups (broad SMARTS) is 1. The fraction of sp³-hybridized carbons (Fsp3) is 0.533. The second kappa shape index (κ2) is 5.79. The van der Waals surface area contributed by atoms with Crippen molar-refractivity contribution < 1.29 is 33.3 Å². The normalized spacial score (nSPS) is 15.2. The smallest absolute Gasteiger partial charge is 0.432 e. The summed E-state index contributed by atoms with van der Waals surface area (Å²) in [5.74, 6) is -3.27. The highest BCUT2D eigenvalue weighted by atomic mass is 19.4. The molecule has 1 aromatic carbocycles. The van der Waals surface area contributed by atoms with Gasteiger partial charge in [0.1, 0.15) is 5.75 Å². The summed E-state index contributed by atoms with van der Waals surface area (Å²) >= 11 is 0. The number of aromatic hydroxyl groups is 1. The third-order valence-electron chi connectivity index (χ3n) is 3.55. The Balaban J connectivity index is 3.76. The average molecular weight is 320 g/mol. The molecule has 1 aromatic rings. The van der Waals surface area contributed by atoms with Gasteiger partial charge in [-0.15, -0.1) is 0 Å². The zero-order valence-electron chi connectivity index (χ0n) is 12.7. The van der Waals surface area contributed by atoms with E-state index in [1.807, 2.05) is 0 Å². The van der Waals surface area contributed by atoms with Crippen molar-refractivity contribution in [2.75, 3.05) is 0 Å². The summed E-state index contributed by atoms with van der Waals surface area (Å²) in [7, 11) is 0. The Kier molecular flexibility index (Phi) is 4.82. The molecule has 0 saturated carbocycles. The number of phenols is 1. The van der Waals surface area contributed by atoms with Crippen LogP contribution < -0.4 is 0 Å². The van der Waals surface area contributed by atoms with E-state index in [-0.39, 0.29) is 28.7 Å². The fourth-order valence-electron chi connectivity index (χ4n) is 2.18. The van der Waals surface area contributed by atoms with E-state index < -0.39 is 23.3 Å². The lowest BCUT2D eigenvalue weighted by atomic mass is 9.85. The SMILES string of the molecule is CC(C)c1cc([C@@](O)(C(=O)O)C(F)(F)F)cc(C(C)C)c1O. The Morgan fingerprint density at radius 1 is 1.05 bits per heavy atom. The Morgan fingerprint density at radius 3 is 1.64 bits per heavy atom. The van der Waals surface area contributed by atoms with Crippen LogP contribution in [-0.4, -0.2) is 27.5 Å². The molecule has 0 aliphatic rings. The van der Waals surface area contributed by atoms with Crippen LogP contribution >= 0.6 is 0 Å². The minimum absolute atomic E-state index is 0.158. The molecule has 0 fully saturated rings. The van der Waals surface area contributed by atoms with Crippen molar-refractivity contribution in [1.82, 2.24) is 0 Å². The van der Waals surface area contributed by atoms with Crippen LogP contribution in [-0.2, 0) is 10.4 Å². The Bertz CT molecular complexity index is 550. The van der Waals surface area contributed by atoms with E-state index in [0.717, 1.165) is 12.1 Å². The summed E-state index contributed by atoms with van der Waals surface area (Å²) in [5.41, 5.74) is -4.51. The summed E-state index contributed by atoms with van der Waals surface area (Å²) in [5, 5.41) is 28.9. The molecule has 3 N–H and O–H groups in total. The van der Waals surface area contributed by atoms with Gasteiger partial charge in [-0.05, 0) is 35.1 Å². The molecule has 0 aliphatic carbocycles. The molecule has 0 aliphatic heterocycles. The third kappa shape index (κ3) is 2.90. The molecule has 22 heavy (non-hydrogen) atoms. The van der Waals surface area contributed by atoms with E-state index in [2.05, 4.69) is 0 Å². The number of rotatable bonds is 4. The Morgan fingerprint density at radius 2 is 1.41 bits per heavy atom. The lowest BCUT2D eigenvalue weighted by Crippen LogP contribution is -2.49. The van der Waals surface area contributed by atoms with E-state index in [4.69, 9.17) is 5.11 Å². The highest BCUT2D eigenvalue weighted by molar-refractivity contribution is 5.80. The zero-order chi connectivity index (χ0) is 17.5. The van der Waals surface area contributed by atoms with Crippen molar-refractivity contribution in [3.05, 3.63) is 28.8 Å². The van der Waals surface area contributed by atoms with Gasteiger partial charge >= 0.3 is 12.1 Å². The number of benzene rings is 1. The van der Waals surface area contributed by atoms with Crippen LogP contribution in [0.15, 0.2) is 12.1 Å². The zero-order valence-corrected chi connectivity index (χ0v) is 12.7. The number of halogens is 3. The van der Waals surface area contributed by atoms with Crippen molar-refractivity contribution in [2.24, 2.45) is 0 Å². The summed E-state index contributed by atoms with van der Waals surface area (Å²) in [6, 6.07) is 1.79. The summed E-state index contributed by atoms with van der Waals surface area (Å²) in [6.07, 6.45) is -5.39. The molecule has 0 spiro atoms. The summed E-state index contributed by atoms with van der Waals surface area (Å²) in [6.45, 7) is 6.60. The molecular formula is C15H19F3O4. The second-order valence-corrected chi connectivity index (χ2v) is 5.83. The first-order chi connectivity index (χ1) is 9.84. The number of phenolic OH excluding ortho intramolecular Hbond substituents is 1. The van der Waals surface area contributed by atoms with Crippen molar-refractivity contribution in [1.29, 1.82) is 0 Å². The summed E-state index contributed by atoms with van der Waals surface area (Å²) in [4.78, 5) is 11.1. The molecule has 0 bridgehead atoms. The van der Waals surface area contributed by atoms with Crippen LogP contribution in [0.2, 0.25) is 0 Å². The van der Waals surface area contributed by atoms with Crippen molar-refractivity contribution >= 4 is 5.97 Å². The van der Waals surface area contributed by atoms with Gasteiger partial charge in [-0.25, -0.2) is 4.79 Å². The molecule has 0 radical (unpaired) electrons. The molecule has 1 atom stereocenters. The van der Waals surface area contributed by atoms with Gasteiger partial charge in [-0.3, -0.25) is 0 Å². The topological polar surface area (TPSA) is 77.8 Å². The van der Waals surface area contributed by atoms with Gasteiger partial charge in [0.15, 0.2) is 0 Å². The van der Waals surface area contributed by atoms with E-state index in [1.54, 1.807) is 27.7 Å². The molecule has 4 nitrogen and oxygen atoms in total. The third-order valence-corrected chi connectivity index (χ3v) is 3.55. The lowest BCUT2D eigenvalue weighted by molar-refractivity contribution is -0.265. The number of carboxylic acids is 1. The highest BCUT2D eigenvalue weighted by Crippen LogP contribution is 2.43. The number of hydrogen-bond acceptors (Lipinski definition) is 3. The molecule has 124 valence electrons. The maximum Gasteiger partial charge on any atom is 0.432 e. The van der Waals surface area contributed by atoms with Crippen LogP contribution in [0.1, 0.15) is 56.2 Å². The van der Waals surface area contributed by atoms with E-state index in [0.29, 0.717) is 0 Å². The first-order valence-corrected chi connectivity index (χ1v) is 6.73. The number of aliphatic carboxylic acids is 1. The maximum atomic E-state index is 13.1. The molecule has 0 heterocycles. The molecule has 7 heteroatoms. The minimum Gasteiger partial charge on any atom is -0.507 e. The van der Waals surface area contributed by atoms with Gasteiger partial charge in [-0.2, -0.15) is 13.2 Å². The van der Waals surface area contributed by atoms with Crippen molar-refractivity contribution in [3.8, 4) is 5.75 Å². The van der Waals surface area contributed by atoms with Gasteiger partial charge in [0, 0.05) is 5.56 Å². The first-order valence-electron chi connectivity index (χ1n) is 6.73. The number of carbonyl (C=O) groups is 1. The first kappa shape index (κ1) is 18.3. The Hall–Kier alpha value is -1.76. The van der Waals surface area contributed by atoms with Crippen molar-refractivity contribution in [2.45, 2.75) is 51.3 Å². The van der Waals surface area contributed by atoms with Crippen LogP contribution in [0.4, 0.5) is 13.2 Å². The lowest BCUT2D eigenvalue weighted by Gasteiger charge is -2.28. The average Bonchev–Trinajstić information content (AvgIpc) is 2.35. The van der Waals surface area contributed by atoms with Crippen LogP contribution in [0, 0.1) is 0 Å². The molecular weight excluding hydrogens is 301 g/mol. The van der Waals surface area contributed by atoms with E-state index in [9.17, 15) is 28.2 Å². The second-order valence-electron chi connectivity index (χ2n) is 5.83. The highest BCUT2D eigenvalue weighted by Gasteiger charge is 2.61. The largest absolute Gasteiger partial charge is 0.507 e. The van der Waals surface area contributed by atoms with Crippen LogP contribution in [0.3, 0.4) is 0 Å². The number of hydrogen-bond donors (Lipinski definition) is 3.